The number of nitrogens with one attached hydrogen (secondary N) is 1. The van der Waals surface area contributed by atoms with Gasteiger partial charge in [0.1, 0.15) is 10.8 Å². The number of fused-ring (bicyclic) bond motifs is 1. The van der Waals surface area contributed by atoms with Gasteiger partial charge in [0, 0.05) is 9.90 Å². The zero-order valence-corrected chi connectivity index (χ0v) is 18.7. The number of esters is 1. The molecule has 29 heavy (non-hydrogen) atoms. The second-order valence-corrected chi connectivity index (χ2v) is 8.98. The van der Waals surface area contributed by atoms with E-state index in [1.807, 2.05) is 6.92 Å². The summed E-state index contributed by atoms with van der Waals surface area (Å²) in [4.78, 5) is 26.5. The molecular formula is C22H26ClNO4S. The Labute approximate surface area is 180 Å². The Hall–Kier alpha value is -2.05. The van der Waals surface area contributed by atoms with Crippen LogP contribution in [0.3, 0.4) is 0 Å². The van der Waals surface area contributed by atoms with Gasteiger partial charge in [0.25, 0.3) is 5.91 Å². The van der Waals surface area contributed by atoms with E-state index in [1.54, 1.807) is 32.0 Å². The second kappa shape index (κ2) is 9.18. The molecule has 1 N–H and O–H groups in total. The maximum atomic E-state index is 12.8. The van der Waals surface area contributed by atoms with Crippen LogP contribution in [0, 0.1) is 12.8 Å². The lowest BCUT2D eigenvalue weighted by molar-refractivity contribution is -0.122. The molecule has 2 aromatic rings. The maximum absolute atomic E-state index is 12.8. The number of anilines is 1. The third-order valence-corrected chi connectivity index (χ3v) is 6.44. The van der Waals surface area contributed by atoms with Crippen LogP contribution in [0.4, 0.5) is 5.00 Å². The first-order valence-electron chi connectivity index (χ1n) is 9.85. The van der Waals surface area contributed by atoms with E-state index in [1.165, 1.54) is 11.3 Å². The molecule has 0 radical (unpaired) electrons. The van der Waals surface area contributed by atoms with Crippen LogP contribution >= 0.6 is 22.9 Å². The number of benzene rings is 1. The Morgan fingerprint density at radius 2 is 2.14 bits per heavy atom. The van der Waals surface area contributed by atoms with E-state index in [4.69, 9.17) is 21.1 Å². The third-order valence-electron chi connectivity index (χ3n) is 5.04. The number of amides is 1. The molecule has 1 aromatic carbocycles. The van der Waals surface area contributed by atoms with E-state index in [0.717, 1.165) is 35.3 Å². The molecule has 0 saturated heterocycles. The van der Waals surface area contributed by atoms with Crippen LogP contribution in [-0.4, -0.2) is 24.6 Å². The fourth-order valence-electron chi connectivity index (χ4n) is 3.46. The lowest BCUT2D eigenvalue weighted by atomic mass is 9.88. The number of rotatable bonds is 6. The highest BCUT2D eigenvalue weighted by molar-refractivity contribution is 7.17. The summed E-state index contributed by atoms with van der Waals surface area (Å²) in [6.45, 7) is 7.83. The molecule has 3 rings (SSSR count). The van der Waals surface area contributed by atoms with Crippen molar-refractivity contribution in [1.82, 2.24) is 0 Å². The van der Waals surface area contributed by atoms with E-state index in [2.05, 4.69) is 12.2 Å². The quantitative estimate of drug-likeness (QED) is 0.615. The van der Waals surface area contributed by atoms with E-state index in [9.17, 15) is 9.59 Å². The number of thiophene rings is 1. The molecule has 156 valence electrons. The van der Waals surface area contributed by atoms with Crippen molar-refractivity contribution >= 4 is 39.8 Å². The van der Waals surface area contributed by atoms with Gasteiger partial charge in [0.05, 0.1) is 12.2 Å². The zero-order valence-electron chi connectivity index (χ0n) is 17.1. The first-order valence-corrected chi connectivity index (χ1v) is 11.0. The van der Waals surface area contributed by atoms with Crippen molar-refractivity contribution in [3.05, 3.63) is 44.8 Å². The molecule has 0 aliphatic heterocycles. The van der Waals surface area contributed by atoms with Gasteiger partial charge in [0.2, 0.25) is 0 Å². The molecule has 0 spiro atoms. The van der Waals surface area contributed by atoms with Crippen molar-refractivity contribution < 1.29 is 19.1 Å². The van der Waals surface area contributed by atoms with Crippen LogP contribution in [0.1, 0.15) is 53.6 Å². The van der Waals surface area contributed by atoms with Crippen LogP contribution in [-0.2, 0) is 22.4 Å². The Bertz CT molecular complexity index is 924. The summed E-state index contributed by atoms with van der Waals surface area (Å²) < 4.78 is 11.1. The van der Waals surface area contributed by atoms with Gasteiger partial charge in [-0.05, 0) is 75.3 Å². The molecule has 1 amide bonds. The predicted octanol–water partition coefficient (Wildman–Crippen LogP) is 5.42. The summed E-state index contributed by atoms with van der Waals surface area (Å²) in [6, 6.07) is 5.26. The van der Waals surface area contributed by atoms with Crippen LogP contribution in [0.25, 0.3) is 0 Å². The van der Waals surface area contributed by atoms with Gasteiger partial charge in [-0.15, -0.1) is 11.3 Å². The second-order valence-electron chi connectivity index (χ2n) is 7.44. The van der Waals surface area contributed by atoms with Crippen LogP contribution in [0.15, 0.2) is 18.2 Å². The summed E-state index contributed by atoms with van der Waals surface area (Å²) >= 11 is 7.45. The minimum Gasteiger partial charge on any atom is -0.481 e. The highest BCUT2D eigenvalue weighted by Crippen LogP contribution is 2.40. The average Bonchev–Trinajstić information content (AvgIpc) is 3.00. The first kappa shape index (κ1) is 21.7. The van der Waals surface area contributed by atoms with Crippen molar-refractivity contribution in [1.29, 1.82) is 0 Å². The predicted molar refractivity (Wildman–Crippen MR) is 116 cm³/mol. The van der Waals surface area contributed by atoms with Crippen molar-refractivity contribution in [3.8, 4) is 5.75 Å². The largest absolute Gasteiger partial charge is 0.481 e. The molecule has 7 heteroatoms. The number of halogens is 1. The Kier molecular flexibility index (Phi) is 6.85. The minimum absolute atomic E-state index is 0.294. The van der Waals surface area contributed by atoms with Crippen LogP contribution in [0.2, 0.25) is 5.02 Å². The summed E-state index contributed by atoms with van der Waals surface area (Å²) in [5.41, 5.74) is 2.37. The van der Waals surface area contributed by atoms with Crippen molar-refractivity contribution in [2.45, 2.75) is 53.1 Å². The monoisotopic (exact) mass is 435 g/mol. The molecule has 1 aromatic heterocycles. The molecule has 0 unspecified atom stereocenters. The number of carbonyl (C=O) groups is 2. The Balaban J connectivity index is 1.81. The van der Waals surface area contributed by atoms with Gasteiger partial charge in [0.15, 0.2) is 6.10 Å². The van der Waals surface area contributed by atoms with E-state index >= 15 is 0 Å². The van der Waals surface area contributed by atoms with E-state index in [0.29, 0.717) is 33.9 Å². The molecule has 0 fully saturated rings. The number of aryl methyl sites for hydroxylation is 1. The van der Waals surface area contributed by atoms with Crippen LogP contribution in [0.5, 0.6) is 5.75 Å². The highest BCUT2D eigenvalue weighted by atomic mass is 35.5. The van der Waals surface area contributed by atoms with Crippen molar-refractivity contribution in [3.63, 3.8) is 0 Å². The molecule has 5 nitrogen and oxygen atoms in total. The fourth-order valence-corrected chi connectivity index (χ4v) is 5.09. The number of hydrogen-bond acceptors (Lipinski definition) is 5. The standard InChI is InChI=1S/C22H26ClNO4S/c1-5-27-22(26)19-16-8-6-12(2)10-18(16)29-21(19)24-20(25)14(4)28-17-9-7-15(23)11-13(17)3/h7,9,11-12,14H,5-6,8,10H2,1-4H3,(H,24,25)/t12-,14-/m0/s1. The zero-order chi connectivity index (χ0) is 21.1. The SMILES string of the molecule is CCOC(=O)c1c(NC(=O)[C@H](C)Oc2ccc(Cl)cc2C)sc2c1CC[C@H](C)C2. The summed E-state index contributed by atoms with van der Waals surface area (Å²) in [5.74, 6) is 0.477. The summed E-state index contributed by atoms with van der Waals surface area (Å²) in [7, 11) is 0. The number of hydrogen-bond donors (Lipinski definition) is 1. The molecule has 1 heterocycles. The third kappa shape index (κ3) is 4.93. The lowest BCUT2D eigenvalue weighted by Gasteiger charge is -2.18. The van der Waals surface area contributed by atoms with Gasteiger partial charge in [-0.1, -0.05) is 18.5 Å². The lowest BCUT2D eigenvalue weighted by Crippen LogP contribution is -2.30. The Morgan fingerprint density at radius 3 is 2.83 bits per heavy atom. The first-order chi connectivity index (χ1) is 13.8. The van der Waals surface area contributed by atoms with Gasteiger partial charge >= 0.3 is 5.97 Å². The summed E-state index contributed by atoms with van der Waals surface area (Å²) in [6.07, 6.45) is 2.03. The van der Waals surface area contributed by atoms with E-state index < -0.39 is 6.10 Å². The topological polar surface area (TPSA) is 64.6 Å². The maximum Gasteiger partial charge on any atom is 0.341 e. The number of ether oxygens (including phenoxy) is 2. The molecule has 1 aliphatic rings. The molecule has 0 bridgehead atoms. The molecule has 0 saturated carbocycles. The molecule has 2 atom stereocenters. The van der Waals surface area contributed by atoms with Crippen molar-refractivity contribution in [2.75, 3.05) is 11.9 Å². The highest BCUT2D eigenvalue weighted by Gasteiger charge is 2.30. The number of carbonyl (C=O) groups excluding carboxylic acids is 2. The molecule has 1 aliphatic carbocycles. The minimum atomic E-state index is -0.733. The van der Waals surface area contributed by atoms with E-state index in [-0.39, 0.29) is 11.9 Å². The van der Waals surface area contributed by atoms with Gasteiger partial charge < -0.3 is 14.8 Å². The smallest absolute Gasteiger partial charge is 0.341 e. The van der Waals surface area contributed by atoms with Gasteiger partial charge in [-0.25, -0.2) is 4.79 Å². The average molecular weight is 436 g/mol. The van der Waals surface area contributed by atoms with Gasteiger partial charge in [-0.3, -0.25) is 4.79 Å². The van der Waals surface area contributed by atoms with Crippen LogP contribution < -0.4 is 10.1 Å². The van der Waals surface area contributed by atoms with Gasteiger partial charge in [-0.2, -0.15) is 0 Å². The normalized spacial score (nSPS) is 16.7. The summed E-state index contributed by atoms with van der Waals surface area (Å²) in [5, 5.41) is 4.07. The molecular weight excluding hydrogens is 410 g/mol. The Morgan fingerprint density at radius 1 is 1.38 bits per heavy atom. The fraction of sp³-hybridized carbons (Fsp3) is 0.455. The van der Waals surface area contributed by atoms with Crippen molar-refractivity contribution in [2.24, 2.45) is 5.92 Å².